The van der Waals surface area contributed by atoms with E-state index in [1.807, 2.05) is 25.1 Å². The summed E-state index contributed by atoms with van der Waals surface area (Å²) in [6.07, 6.45) is -0.787. The molecule has 6 heteroatoms. The SMILES string of the molecule is Cc1cc(C(=O)NCC(O)c2ccccc2)nn1-c1ccc(F)cc1. The van der Waals surface area contributed by atoms with Crippen molar-refractivity contribution in [2.45, 2.75) is 13.0 Å². The second-order valence-electron chi connectivity index (χ2n) is 5.70. The van der Waals surface area contributed by atoms with E-state index >= 15 is 0 Å². The molecule has 128 valence electrons. The maximum atomic E-state index is 13.0. The van der Waals surface area contributed by atoms with Gasteiger partial charge >= 0.3 is 0 Å². The van der Waals surface area contributed by atoms with Crippen LogP contribution in [0.4, 0.5) is 4.39 Å². The molecule has 0 aliphatic carbocycles. The molecule has 5 nitrogen and oxygen atoms in total. The van der Waals surface area contributed by atoms with Crippen molar-refractivity contribution in [3.8, 4) is 5.69 Å². The van der Waals surface area contributed by atoms with Crippen LogP contribution in [0.1, 0.15) is 27.8 Å². The Morgan fingerprint density at radius 1 is 1.20 bits per heavy atom. The molecule has 0 aliphatic heterocycles. The monoisotopic (exact) mass is 339 g/mol. The number of aromatic nitrogens is 2. The minimum atomic E-state index is -0.787. The van der Waals surface area contributed by atoms with Crippen molar-refractivity contribution in [1.82, 2.24) is 15.1 Å². The van der Waals surface area contributed by atoms with Crippen LogP contribution in [0.15, 0.2) is 60.7 Å². The number of hydrogen-bond donors (Lipinski definition) is 2. The molecule has 0 saturated carbocycles. The molecule has 3 rings (SSSR count). The summed E-state index contributed by atoms with van der Waals surface area (Å²) in [7, 11) is 0. The number of aliphatic hydroxyl groups excluding tert-OH is 1. The van der Waals surface area contributed by atoms with E-state index in [0.29, 0.717) is 5.69 Å². The first-order valence-corrected chi connectivity index (χ1v) is 7.88. The van der Waals surface area contributed by atoms with Crippen LogP contribution < -0.4 is 5.32 Å². The van der Waals surface area contributed by atoms with Crippen molar-refractivity contribution in [3.05, 3.63) is 83.4 Å². The Balaban J connectivity index is 1.69. The molecule has 3 aromatic rings. The fourth-order valence-electron chi connectivity index (χ4n) is 2.50. The standard InChI is InChI=1S/C19H18FN3O2/c1-13-11-17(22-23(13)16-9-7-15(20)8-10-16)19(25)21-12-18(24)14-5-3-2-4-6-14/h2-11,18,24H,12H2,1H3,(H,21,25). The van der Waals surface area contributed by atoms with Gasteiger partial charge in [-0.15, -0.1) is 0 Å². The summed E-state index contributed by atoms with van der Waals surface area (Å²) in [5.74, 6) is -0.708. The number of carbonyl (C=O) groups is 1. The van der Waals surface area contributed by atoms with Gasteiger partial charge in [0.05, 0.1) is 11.8 Å². The van der Waals surface area contributed by atoms with Gasteiger partial charge in [-0.25, -0.2) is 9.07 Å². The zero-order chi connectivity index (χ0) is 17.8. The molecule has 25 heavy (non-hydrogen) atoms. The summed E-state index contributed by atoms with van der Waals surface area (Å²) >= 11 is 0. The summed E-state index contributed by atoms with van der Waals surface area (Å²) in [5.41, 5.74) is 2.39. The third-order valence-electron chi connectivity index (χ3n) is 3.83. The smallest absolute Gasteiger partial charge is 0.271 e. The average Bonchev–Trinajstić information content (AvgIpc) is 3.02. The first kappa shape index (κ1) is 16.9. The second kappa shape index (κ2) is 7.27. The number of aryl methyl sites for hydroxylation is 1. The van der Waals surface area contributed by atoms with Crippen LogP contribution in [0.3, 0.4) is 0 Å². The van der Waals surface area contributed by atoms with Crippen LogP contribution >= 0.6 is 0 Å². The van der Waals surface area contributed by atoms with Gasteiger partial charge in [0.2, 0.25) is 0 Å². The molecule has 0 spiro atoms. The molecule has 1 atom stereocenters. The molecule has 0 aliphatic rings. The molecule has 0 bridgehead atoms. The number of hydrogen-bond acceptors (Lipinski definition) is 3. The highest BCUT2D eigenvalue weighted by molar-refractivity contribution is 5.92. The van der Waals surface area contributed by atoms with E-state index in [4.69, 9.17) is 0 Å². The van der Waals surface area contributed by atoms with Crippen LogP contribution in [0.2, 0.25) is 0 Å². The molecule has 0 saturated heterocycles. The minimum absolute atomic E-state index is 0.0886. The predicted octanol–water partition coefficient (Wildman–Crippen LogP) is 2.78. The quantitative estimate of drug-likeness (QED) is 0.751. The zero-order valence-electron chi connectivity index (χ0n) is 13.7. The number of nitrogens with one attached hydrogen (secondary N) is 1. The van der Waals surface area contributed by atoms with Gasteiger partial charge in [0.1, 0.15) is 5.82 Å². The Kier molecular flexibility index (Phi) is 4.90. The van der Waals surface area contributed by atoms with E-state index in [0.717, 1.165) is 11.3 Å². The zero-order valence-corrected chi connectivity index (χ0v) is 13.7. The Bertz CT molecular complexity index is 860. The second-order valence-corrected chi connectivity index (χ2v) is 5.70. The van der Waals surface area contributed by atoms with Crippen LogP contribution in [0.5, 0.6) is 0 Å². The van der Waals surface area contributed by atoms with Crippen molar-refractivity contribution in [2.75, 3.05) is 6.54 Å². The lowest BCUT2D eigenvalue weighted by atomic mass is 10.1. The van der Waals surface area contributed by atoms with Crippen molar-refractivity contribution in [1.29, 1.82) is 0 Å². The van der Waals surface area contributed by atoms with E-state index < -0.39 is 6.10 Å². The number of aliphatic hydroxyl groups is 1. The number of rotatable bonds is 5. The summed E-state index contributed by atoms with van der Waals surface area (Å²) < 4.78 is 14.6. The van der Waals surface area contributed by atoms with Crippen LogP contribution in [0, 0.1) is 12.7 Å². The minimum Gasteiger partial charge on any atom is -0.387 e. The van der Waals surface area contributed by atoms with Gasteiger partial charge in [-0.05, 0) is 42.8 Å². The molecule has 1 unspecified atom stereocenters. The third-order valence-corrected chi connectivity index (χ3v) is 3.83. The molecular formula is C19H18FN3O2. The summed E-state index contributed by atoms with van der Waals surface area (Å²) in [6.45, 7) is 1.90. The highest BCUT2D eigenvalue weighted by Gasteiger charge is 2.15. The summed E-state index contributed by atoms with van der Waals surface area (Å²) in [6, 6.07) is 16.6. The lowest BCUT2D eigenvalue weighted by Gasteiger charge is -2.11. The van der Waals surface area contributed by atoms with Gasteiger partial charge in [0.15, 0.2) is 5.69 Å². The Morgan fingerprint density at radius 3 is 2.56 bits per heavy atom. The average molecular weight is 339 g/mol. The lowest BCUT2D eigenvalue weighted by Crippen LogP contribution is -2.28. The van der Waals surface area contributed by atoms with Crippen molar-refractivity contribution < 1.29 is 14.3 Å². The van der Waals surface area contributed by atoms with Crippen molar-refractivity contribution in [2.24, 2.45) is 0 Å². The number of halogens is 1. The van der Waals surface area contributed by atoms with Crippen LogP contribution in [0.25, 0.3) is 5.69 Å². The van der Waals surface area contributed by atoms with Gasteiger partial charge in [-0.1, -0.05) is 30.3 Å². The van der Waals surface area contributed by atoms with Crippen LogP contribution in [-0.2, 0) is 0 Å². The fraction of sp³-hybridized carbons (Fsp3) is 0.158. The molecule has 0 radical (unpaired) electrons. The maximum Gasteiger partial charge on any atom is 0.271 e. The Hall–Kier alpha value is -2.99. The Labute approximate surface area is 144 Å². The van der Waals surface area contributed by atoms with E-state index in [-0.39, 0.29) is 24.0 Å². The summed E-state index contributed by atoms with van der Waals surface area (Å²) in [5, 5.41) is 17.0. The van der Waals surface area contributed by atoms with E-state index in [1.54, 1.807) is 35.0 Å². The number of carbonyl (C=O) groups excluding carboxylic acids is 1. The maximum absolute atomic E-state index is 13.0. The Morgan fingerprint density at radius 2 is 1.88 bits per heavy atom. The van der Waals surface area contributed by atoms with E-state index in [9.17, 15) is 14.3 Å². The molecule has 1 amide bonds. The number of amides is 1. The predicted molar refractivity (Wildman–Crippen MR) is 92.0 cm³/mol. The molecule has 1 heterocycles. The number of benzene rings is 2. The van der Waals surface area contributed by atoms with Gasteiger partial charge in [-0.3, -0.25) is 4.79 Å². The van der Waals surface area contributed by atoms with Gasteiger partial charge in [0, 0.05) is 12.2 Å². The van der Waals surface area contributed by atoms with E-state index in [2.05, 4.69) is 10.4 Å². The van der Waals surface area contributed by atoms with Crippen molar-refractivity contribution >= 4 is 5.91 Å². The van der Waals surface area contributed by atoms with Crippen molar-refractivity contribution in [3.63, 3.8) is 0 Å². The highest BCUT2D eigenvalue weighted by Crippen LogP contribution is 2.14. The van der Waals surface area contributed by atoms with Crippen LogP contribution in [-0.4, -0.2) is 27.3 Å². The van der Waals surface area contributed by atoms with Gasteiger partial charge in [-0.2, -0.15) is 5.10 Å². The lowest BCUT2D eigenvalue weighted by molar-refractivity contribution is 0.0911. The normalized spacial score (nSPS) is 12.0. The molecular weight excluding hydrogens is 321 g/mol. The third kappa shape index (κ3) is 3.92. The molecule has 1 aromatic heterocycles. The van der Waals surface area contributed by atoms with Gasteiger partial charge in [0.25, 0.3) is 5.91 Å². The topological polar surface area (TPSA) is 67.2 Å². The molecule has 0 fully saturated rings. The van der Waals surface area contributed by atoms with E-state index in [1.165, 1.54) is 12.1 Å². The first-order chi connectivity index (χ1) is 12.0. The largest absolute Gasteiger partial charge is 0.387 e. The molecule has 2 N–H and O–H groups in total. The number of nitrogens with zero attached hydrogens (tertiary/aromatic N) is 2. The molecule has 2 aromatic carbocycles. The van der Waals surface area contributed by atoms with Gasteiger partial charge < -0.3 is 10.4 Å². The highest BCUT2D eigenvalue weighted by atomic mass is 19.1. The fourth-order valence-corrected chi connectivity index (χ4v) is 2.50. The first-order valence-electron chi connectivity index (χ1n) is 7.88. The summed E-state index contributed by atoms with van der Waals surface area (Å²) in [4.78, 5) is 12.3.